The van der Waals surface area contributed by atoms with Crippen molar-refractivity contribution in [2.24, 2.45) is 0 Å². The Kier molecular flexibility index (Phi) is 42.1. The number of hydrogen-bond donors (Lipinski definition) is 8. The van der Waals surface area contributed by atoms with Gasteiger partial charge >= 0.3 is 0 Å². The maximum atomic E-state index is 13.1. The third-order valence-electron chi connectivity index (χ3n) is 13.1. The number of carbonyl (C=O) groups is 1. The van der Waals surface area contributed by atoms with Gasteiger partial charge in [-0.15, -0.1) is 0 Å². The Labute approximate surface area is 403 Å². The average Bonchev–Trinajstić information content (AvgIpc) is 3.32. The van der Waals surface area contributed by atoms with E-state index in [1.54, 1.807) is 0 Å². The van der Waals surface area contributed by atoms with Crippen molar-refractivity contribution in [1.82, 2.24) is 5.32 Å². The molecule has 11 heteroatoms. The largest absolute Gasteiger partial charge is 0.394 e. The van der Waals surface area contributed by atoms with Crippen molar-refractivity contribution >= 4 is 5.91 Å². The zero-order valence-corrected chi connectivity index (χ0v) is 42.2. The topological polar surface area (TPSA) is 189 Å². The molecule has 0 aliphatic carbocycles. The van der Waals surface area contributed by atoms with Gasteiger partial charge in [-0.1, -0.05) is 198 Å². The zero-order chi connectivity index (χ0) is 48.3. The molecule has 0 radical (unpaired) electrons. The predicted molar refractivity (Wildman–Crippen MR) is 270 cm³/mol. The molecule has 8 N–H and O–H groups in total. The summed E-state index contributed by atoms with van der Waals surface area (Å²) in [5.74, 6) is -0.716. The van der Waals surface area contributed by atoms with E-state index >= 15 is 0 Å². The van der Waals surface area contributed by atoms with Crippen LogP contribution in [0.5, 0.6) is 0 Å². The normalized spacial score (nSPS) is 21.0. The van der Waals surface area contributed by atoms with Gasteiger partial charge in [0.05, 0.1) is 25.4 Å². The Morgan fingerprint density at radius 2 is 0.909 bits per heavy atom. The number of ether oxygens (including phenoxy) is 2. The molecule has 1 heterocycles. The lowest BCUT2D eigenvalue weighted by atomic mass is 9.98. The minimum absolute atomic E-state index is 0.243. The van der Waals surface area contributed by atoms with Gasteiger partial charge in [-0.3, -0.25) is 4.79 Å². The lowest BCUT2D eigenvalue weighted by Crippen LogP contribution is -2.60. The Hall–Kier alpha value is -1.67. The minimum atomic E-state index is -1.67. The lowest BCUT2D eigenvalue weighted by molar-refractivity contribution is -0.303. The SMILES string of the molecule is CCCCCC/C=C\CCCCCCCCC(O)C(=O)NC(COC1OC(CO)C(O)C(O)C1O)C(O)C(O)CCC/C=C/CC/C=C/CCCCCCCCCCCCCCCCCC. The van der Waals surface area contributed by atoms with Crippen LogP contribution in [0.25, 0.3) is 0 Å². The van der Waals surface area contributed by atoms with Gasteiger partial charge < -0.3 is 50.5 Å². The molecule has 1 fully saturated rings. The van der Waals surface area contributed by atoms with Crippen LogP contribution in [-0.4, -0.2) is 110 Å². The Balaban J connectivity index is 2.36. The zero-order valence-electron chi connectivity index (χ0n) is 42.2. The van der Waals surface area contributed by atoms with Crippen LogP contribution in [0, 0.1) is 0 Å². The molecular formula is C55H103NO10. The van der Waals surface area contributed by atoms with Crippen molar-refractivity contribution in [2.45, 2.75) is 294 Å². The van der Waals surface area contributed by atoms with Crippen molar-refractivity contribution in [3.8, 4) is 0 Å². The highest BCUT2D eigenvalue weighted by atomic mass is 16.7. The molecular weight excluding hydrogens is 835 g/mol. The smallest absolute Gasteiger partial charge is 0.249 e. The first-order chi connectivity index (χ1) is 32.2. The Morgan fingerprint density at radius 1 is 0.515 bits per heavy atom. The van der Waals surface area contributed by atoms with Crippen molar-refractivity contribution in [3.05, 3.63) is 36.5 Å². The van der Waals surface area contributed by atoms with Gasteiger partial charge in [0.25, 0.3) is 0 Å². The average molecular weight is 938 g/mol. The molecule has 0 spiro atoms. The molecule has 1 amide bonds. The number of aliphatic hydroxyl groups is 7. The molecule has 0 bridgehead atoms. The van der Waals surface area contributed by atoms with E-state index in [4.69, 9.17) is 9.47 Å². The van der Waals surface area contributed by atoms with E-state index in [0.29, 0.717) is 19.3 Å². The van der Waals surface area contributed by atoms with Crippen LogP contribution in [0.4, 0.5) is 0 Å². The first kappa shape index (κ1) is 62.3. The number of nitrogens with one attached hydrogen (secondary N) is 1. The van der Waals surface area contributed by atoms with E-state index in [2.05, 4.69) is 55.6 Å². The molecule has 0 aromatic carbocycles. The van der Waals surface area contributed by atoms with Crippen LogP contribution in [0.3, 0.4) is 0 Å². The summed E-state index contributed by atoms with van der Waals surface area (Å²) in [5, 5.41) is 75.9. The van der Waals surface area contributed by atoms with Crippen LogP contribution in [0.1, 0.15) is 239 Å². The maximum Gasteiger partial charge on any atom is 0.249 e. The second-order valence-electron chi connectivity index (χ2n) is 19.3. The number of aliphatic hydroxyl groups excluding tert-OH is 7. The monoisotopic (exact) mass is 938 g/mol. The van der Waals surface area contributed by atoms with Crippen LogP contribution >= 0.6 is 0 Å². The highest BCUT2D eigenvalue weighted by Crippen LogP contribution is 2.23. The fourth-order valence-corrected chi connectivity index (χ4v) is 8.63. The van der Waals surface area contributed by atoms with Gasteiger partial charge in [-0.05, 0) is 77.0 Å². The molecule has 0 aromatic heterocycles. The van der Waals surface area contributed by atoms with Gasteiger partial charge in [0.2, 0.25) is 5.91 Å². The van der Waals surface area contributed by atoms with E-state index in [9.17, 15) is 40.5 Å². The minimum Gasteiger partial charge on any atom is -0.394 e. The van der Waals surface area contributed by atoms with Gasteiger partial charge in [0.15, 0.2) is 6.29 Å². The van der Waals surface area contributed by atoms with Crippen LogP contribution in [0.2, 0.25) is 0 Å². The Morgan fingerprint density at radius 3 is 1.36 bits per heavy atom. The van der Waals surface area contributed by atoms with Crippen molar-refractivity contribution in [3.63, 3.8) is 0 Å². The van der Waals surface area contributed by atoms with E-state index in [-0.39, 0.29) is 12.8 Å². The summed E-state index contributed by atoms with van der Waals surface area (Å²) in [4.78, 5) is 13.1. The van der Waals surface area contributed by atoms with Crippen molar-refractivity contribution in [1.29, 1.82) is 0 Å². The number of rotatable bonds is 46. The molecule has 9 unspecified atom stereocenters. The second kappa shape index (κ2) is 44.5. The van der Waals surface area contributed by atoms with E-state index in [1.165, 1.54) is 128 Å². The molecule has 9 atom stereocenters. The first-order valence-corrected chi connectivity index (χ1v) is 27.4. The summed E-state index contributed by atoms with van der Waals surface area (Å²) >= 11 is 0. The quantitative estimate of drug-likeness (QED) is 0.0215. The van der Waals surface area contributed by atoms with Gasteiger partial charge in [0, 0.05) is 0 Å². The van der Waals surface area contributed by atoms with E-state index in [1.807, 2.05) is 0 Å². The summed E-state index contributed by atoms with van der Waals surface area (Å²) in [5.41, 5.74) is 0. The fourth-order valence-electron chi connectivity index (χ4n) is 8.63. The third-order valence-corrected chi connectivity index (χ3v) is 13.1. The molecule has 0 saturated carbocycles. The molecule has 1 rings (SSSR count). The Bertz CT molecular complexity index is 1170. The van der Waals surface area contributed by atoms with E-state index < -0.39 is 74.2 Å². The summed E-state index contributed by atoms with van der Waals surface area (Å²) in [6.45, 7) is 3.42. The second-order valence-corrected chi connectivity index (χ2v) is 19.3. The van der Waals surface area contributed by atoms with Crippen LogP contribution in [0.15, 0.2) is 36.5 Å². The summed E-state index contributed by atoms with van der Waals surface area (Å²) in [7, 11) is 0. The van der Waals surface area contributed by atoms with E-state index in [0.717, 1.165) is 64.2 Å². The number of hydrogen-bond acceptors (Lipinski definition) is 10. The molecule has 66 heavy (non-hydrogen) atoms. The van der Waals surface area contributed by atoms with Crippen LogP contribution in [-0.2, 0) is 14.3 Å². The predicted octanol–water partition coefficient (Wildman–Crippen LogP) is 10.7. The molecule has 1 aliphatic rings. The highest BCUT2D eigenvalue weighted by molar-refractivity contribution is 5.80. The molecule has 1 saturated heterocycles. The third kappa shape index (κ3) is 33.0. The van der Waals surface area contributed by atoms with Crippen molar-refractivity contribution < 1.29 is 50.0 Å². The summed E-state index contributed by atoms with van der Waals surface area (Å²) in [6.07, 6.45) is 42.0. The van der Waals surface area contributed by atoms with Crippen LogP contribution < -0.4 is 5.32 Å². The summed E-state index contributed by atoms with van der Waals surface area (Å²) < 4.78 is 11.1. The number of amides is 1. The number of unbranched alkanes of at least 4 members (excludes halogenated alkanes) is 28. The molecule has 388 valence electrons. The molecule has 1 aliphatic heterocycles. The first-order valence-electron chi connectivity index (χ1n) is 27.4. The number of allylic oxidation sites excluding steroid dienone is 6. The highest BCUT2D eigenvalue weighted by Gasteiger charge is 2.44. The van der Waals surface area contributed by atoms with Gasteiger partial charge in [-0.25, -0.2) is 0 Å². The number of carbonyl (C=O) groups excluding carboxylic acids is 1. The molecule has 0 aromatic rings. The standard InChI is InChI=1S/C55H103NO10/c1-3-5-7-9-11-13-15-17-19-20-21-22-23-24-25-26-27-28-29-31-32-34-36-38-40-42-47(58)50(60)46(45-65-55-53(63)52(62)51(61)49(44-57)66-55)56-54(64)48(59)43-41-39-37-35-33-30-18-16-14-12-10-8-6-4-2/h14,16,28-29,34,36,46-53,55,57-63H,3-13,15,17-27,30-33,35,37-45H2,1-2H3,(H,56,64)/b16-14-,29-28+,36-34+. The maximum absolute atomic E-state index is 13.1. The fraction of sp³-hybridized carbons (Fsp3) is 0.873. The lowest BCUT2D eigenvalue weighted by Gasteiger charge is -2.40. The molecule has 11 nitrogen and oxygen atoms in total. The van der Waals surface area contributed by atoms with Gasteiger partial charge in [0.1, 0.15) is 36.6 Å². The van der Waals surface area contributed by atoms with Crippen molar-refractivity contribution in [2.75, 3.05) is 13.2 Å². The van der Waals surface area contributed by atoms with Gasteiger partial charge in [-0.2, -0.15) is 0 Å². The summed E-state index contributed by atoms with van der Waals surface area (Å²) in [6, 6.07) is -1.19.